The van der Waals surface area contributed by atoms with Crippen molar-refractivity contribution in [2.75, 3.05) is 26.8 Å². The molecular formula is C12H28N2O. The Morgan fingerprint density at radius 3 is 2.27 bits per heavy atom. The molecule has 0 radical (unpaired) electrons. The monoisotopic (exact) mass is 216 g/mol. The number of rotatable bonds is 8. The first-order chi connectivity index (χ1) is 7.02. The van der Waals surface area contributed by atoms with Gasteiger partial charge in [0.05, 0.1) is 6.61 Å². The summed E-state index contributed by atoms with van der Waals surface area (Å²) in [6.07, 6.45) is 1.07. The van der Waals surface area contributed by atoms with Crippen LogP contribution in [0.5, 0.6) is 0 Å². The number of nitrogens with zero attached hydrogens (tertiary/aromatic N) is 1. The molecule has 0 aliphatic heterocycles. The normalized spacial score (nSPS) is 16.0. The summed E-state index contributed by atoms with van der Waals surface area (Å²) in [5.74, 6) is 0.571. The fourth-order valence-corrected chi connectivity index (χ4v) is 1.69. The summed E-state index contributed by atoms with van der Waals surface area (Å²) < 4.78 is 5.17. The van der Waals surface area contributed by atoms with Crippen molar-refractivity contribution in [1.82, 2.24) is 4.90 Å². The molecule has 0 aromatic rings. The largest absolute Gasteiger partial charge is 0.383 e. The lowest BCUT2D eigenvalue weighted by Gasteiger charge is -2.29. The summed E-state index contributed by atoms with van der Waals surface area (Å²) >= 11 is 0. The second kappa shape index (κ2) is 8.08. The van der Waals surface area contributed by atoms with Crippen LogP contribution in [0.25, 0.3) is 0 Å². The van der Waals surface area contributed by atoms with Gasteiger partial charge in [-0.2, -0.15) is 0 Å². The number of nitrogens with two attached hydrogens (primary N) is 1. The zero-order chi connectivity index (χ0) is 11.8. The Hall–Kier alpha value is -0.120. The zero-order valence-corrected chi connectivity index (χ0v) is 11.0. The van der Waals surface area contributed by atoms with Crippen molar-refractivity contribution in [2.45, 2.75) is 46.2 Å². The molecule has 15 heavy (non-hydrogen) atoms. The SMILES string of the molecule is CCN(CCC(N)C(C)C)C(C)COC. The molecular weight excluding hydrogens is 188 g/mol. The molecule has 0 bridgehead atoms. The van der Waals surface area contributed by atoms with Crippen molar-refractivity contribution in [3.8, 4) is 0 Å². The van der Waals surface area contributed by atoms with Crippen LogP contribution < -0.4 is 5.73 Å². The molecule has 2 atom stereocenters. The standard InChI is InChI=1S/C12H28N2O/c1-6-14(11(4)9-15-5)8-7-12(13)10(2)3/h10-12H,6-9,13H2,1-5H3. The van der Waals surface area contributed by atoms with Crippen LogP contribution in [0.2, 0.25) is 0 Å². The van der Waals surface area contributed by atoms with Crippen LogP contribution in [-0.2, 0) is 4.74 Å². The third-order valence-corrected chi connectivity index (χ3v) is 3.04. The van der Waals surface area contributed by atoms with Crippen LogP contribution in [0.15, 0.2) is 0 Å². The highest BCUT2D eigenvalue weighted by Gasteiger charge is 2.14. The Morgan fingerprint density at radius 1 is 1.27 bits per heavy atom. The van der Waals surface area contributed by atoms with E-state index in [1.54, 1.807) is 7.11 Å². The van der Waals surface area contributed by atoms with Gasteiger partial charge in [0.1, 0.15) is 0 Å². The summed E-state index contributed by atoms with van der Waals surface area (Å²) in [4.78, 5) is 2.42. The van der Waals surface area contributed by atoms with Crippen LogP contribution in [0, 0.1) is 5.92 Å². The van der Waals surface area contributed by atoms with E-state index in [0.717, 1.165) is 26.1 Å². The lowest BCUT2D eigenvalue weighted by Crippen LogP contribution is -2.40. The minimum absolute atomic E-state index is 0.314. The number of methoxy groups -OCH3 is 1. The predicted octanol–water partition coefficient (Wildman–Crippen LogP) is 1.72. The third kappa shape index (κ3) is 6.13. The van der Waals surface area contributed by atoms with Crippen LogP contribution in [0.3, 0.4) is 0 Å². The van der Waals surface area contributed by atoms with Gasteiger partial charge in [-0.1, -0.05) is 20.8 Å². The zero-order valence-electron chi connectivity index (χ0n) is 11.0. The van der Waals surface area contributed by atoms with Crippen molar-refractivity contribution >= 4 is 0 Å². The summed E-state index contributed by atoms with van der Waals surface area (Å²) in [5, 5.41) is 0. The van der Waals surface area contributed by atoms with Gasteiger partial charge in [0.2, 0.25) is 0 Å². The highest BCUT2D eigenvalue weighted by molar-refractivity contribution is 4.71. The fraction of sp³-hybridized carbons (Fsp3) is 1.00. The molecule has 0 saturated heterocycles. The van der Waals surface area contributed by atoms with Crippen molar-refractivity contribution < 1.29 is 4.74 Å². The van der Waals surface area contributed by atoms with E-state index in [4.69, 9.17) is 10.5 Å². The molecule has 0 heterocycles. The number of likely N-dealkylation sites (N-methyl/N-ethyl adjacent to an activating group) is 1. The average Bonchev–Trinajstić information content (AvgIpc) is 2.18. The Labute approximate surface area is 95.0 Å². The van der Waals surface area contributed by atoms with Crippen molar-refractivity contribution in [3.63, 3.8) is 0 Å². The second-order valence-corrected chi connectivity index (χ2v) is 4.63. The van der Waals surface area contributed by atoms with Gasteiger partial charge in [-0.05, 0) is 32.4 Å². The average molecular weight is 216 g/mol. The molecule has 0 rings (SSSR count). The molecule has 3 heteroatoms. The number of hydrogen-bond donors (Lipinski definition) is 1. The minimum atomic E-state index is 0.314. The lowest BCUT2D eigenvalue weighted by atomic mass is 10.0. The first-order valence-electron chi connectivity index (χ1n) is 6.01. The molecule has 0 spiro atoms. The molecule has 0 aromatic heterocycles. The van der Waals surface area contributed by atoms with Gasteiger partial charge in [-0.3, -0.25) is 4.90 Å². The molecule has 0 aromatic carbocycles. The van der Waals surface area contributed by atoms with E-state index in [2.05, 4.69) is 32.6 Å². The topological polar surface area (TPSA) is 38.5 Å². The molecule has 2 unspecified atom stereocenters. The van der Waals surface area contributed by atoms with E-state index in [0.29, 0.717) is 18.0 Å². The van der Waals surface area contributed by atoms with Crippen LogP contribution in [-0.4, -0.2) is 43.8 Å². The van der Waals surface area contributed by atoms with Gasteiger partial charge >= 0.3 is 0 Å². The molecule has 0 fully saturated rings. The predicted molar refractivity (Wildman–Crippen MR) is 66.0 cm³/mol. The van der Waals surface area contributed by atoms with Gasteiger partial charge in [-0.15, -0.1) is 0 Å². The number of hydrogen-bond acceptors (Lipinski definition) is 3. The van der Waals surface area contributed by atoms with Gasteiger partial charge in [-0.25, -0.2) is 0 Å². The van der Waals surface area contributed by atoms with Crippen molar-refractivity contribution in [2.24, 2.45) is 11.7 Å². The molecule has 2 N–H and O–H groups in total. The van der Waals surface area contributed by atoms with E-state index in [9.17, 15) is 0 Å². The van der Waals surface area contributed by atoms with Crippen LogP contribution in [0.4, 0.5) is 0 Å². The van der Waals surface area contributed by atoms with Gasteiger partial charge in [0.25, 0.3) is 0 Å². The molecule has 92 valence electrons. The van der Waals surface area contributed by atoms with Gasteiger partial charge in [0.15, 0.2) is 0 Å². The Balaban J connectivity index is 3.88. The van der Waals surface area contributed by atoms with Crippen molar-refractivity contribution in [3.05, 3.63) is 0 Å². The van der Waals surface area contributed by atoms with Crippen LogP contribution >= 0.6 is 0 Å². The smallest absolute Gasteiger partial charge is 0.0615 e. The molecule has 0 aliphatic carbocycles. The maximum atomic E-state index is 6.04. The first-order valence-corrected chi connectivity index (χ1v) is 6.01. The Bertz CT molecular complexity index is 151. The van der Waals surface area contributed by atoms with E-state index >= 15 is 0 Å². The molecule has 3 nitrogen and oxygen atoms in total. The van der Waals surface area contributed by atoms with Gasteiger partial charge in [0, 0.05) is 19.2 Å². The Kier molecular flexibility index (Phi) is 8.02. The third-order valence-electron chi connectivity index (χ3n) is 3.04. The number of ether oxygens (including phenoxy) is 1. The molecule has 0 saturated carbocycles. The highest BCUT2D eigenvalue weighted by atomic mass is 16.5. The highest BCUT2D eigenvalue weighted by Crippen LogP contribution is 2.06. The fourth-order valence-electron chi connectivity index (χ4n) is 1.69. The second-order valence-electron chi connectivity index (χ2n) is 4.63. The van der Waals surface area contributed by atoms with E-state index in [1.165, 1.54) is 0 Å². The van der Waals surface area contributed by atoms with Crippen LogP contribution in [0.1, 0.15) is 34.1 Å². The quantitative estimate of drug-likeness (QED) is 0.671. The summed E-state index contributed by atoms with van der Waals surface area (Å²) in [5.41, 5.74) is 6.04. The van der Waals surface area contributed by atoms with E-state index < -0.39 is 0 Å². The summed E-state index contributed by atoms with van der Waals surface area (Å²) in [6, 6.07) is 0.799. The Morgan fingerprint density at radius 2 is 1.87 bits per heavy atom. The molecule has 0 aliphatic rings. The minimum Gasteiger partial charge on any atom is -0.383 e. The maximum Gasteiger partial charge on any atom is 0.0615 e. The van der Waals surface area contributed by atoms with E-state index in [-0.39, 0.29) is 0 Å². The van der Waals surface area contributed by atoms with Gasteiger partial charge < -0.3 is 10.5 Å². The molecule has 0 amide bonds. The summed E-state index contributed by atoms with van der Waals surface area (Å²) in [6.45, 7) is 11.7. The first kappa shape index (κ1) is 14.9. The lowest BCUT2D eigenvalue weighted by molar-refractivity contribution is 0.0995. The maximum absolute atomic E-state index is 6.04. The van der Waals surface area contributed by atoms with E-state index in [1.807, 2.05) is 0 Å². The summed E-state index contributed by atoms with van der Waals surface area (Å²) in [7, 11) is 1.75. The van der Waals surface area contributed by atoms with Crippen molar-refractivity contribution in [1.29, 1.82) is 0 Å².